The highest BCUT2D eigenvalue weighted by molar-refractivity contribution is 6.29. The summed E-state index contributed by atoms with van der Waals surface area (Å²) in [6.45, 7) is 6.07. The van der Waals surface area contributed by atoms with E-state index in [0.29, 0.717) is 23.0 Å². The highest BCUT2D eigenvalue weighted by Gasteiger charge is 2.10. The van der Waals surface area contributed by atoms with Crippen LogP contribution in [0.2, 0.25) is 0 Å². The maximum Gasteiger partial charge on any atom is 0.183 e. The summed E-state index contributed by atoms with van der Waals surface area (Å²) in [5.74, 6) is 0.567. The summed E-state index contributed by atoms with van der Waals surface area (Å²) in [4.78, 5) is 0. The Kier molecular flexibility index (Phi) is 6.48. The minimum Gasteiger partial charge on any atom is -0.402 e. The minimum absolute atomic E-state index is 0.511. The van der Waals surface area contributed by atoms with Gasteiger partial charge in [0.1, 0.15) is 0 Å². The number of nitrogens with two attached hydrogens (primary N) is 1. The Balaban J connectivity index is 3.02. The Morgan fingerprint density at radius 1 is 1.35 bits per heavy atom. The number of rotatable bonds is 5. The van der Waals surface area contributed by atoms with E-state index in [9.17, 15) is 0 Å². The molecule has 0 atom stereocenters. The fourth-order valence-electron chi connectivity index (χ4n) is 1.31. The molecule has 0 aliphatic carbocycles. The van der Waals surface area contributed by atoms with Gasteiger partial charge < -0.3 is 5.73 Å². The Hall–Kier alpha value is -1.59. The van der Waals surface area contributed by atoms with Gasteiger partial charge in [-0.05, 0) is 42.8 Å². The van der Waals surface area contributed by atoms with Crippen molar-refractivity contribution in [3.8, 4) is 0 Å². The Labute approximate surface area is 128 Å². The zero-order valence-electron chi connectivity index (χ0n) is 11.6. The lowest BCUT2D eigenvalue weighted by Gasteiger charge is -2.06. The molecule has 1 aromatic rings. The molecule has 108 valence electrons. The van der Waals surface area contributed by atoms with Crippen molar-refractivity contribution in [1.29, 1.82) is 0 Å². The summed E-state index contributed by atoms with van der Waals surface area (Å²) in [5.41, 5.74) is 9.60. The predicted molar refractivity (Wildman–Crippen MR) is 83.0 cm³/mol. The van der Waals surface area contributed by atoms with Crippen LogP contribution in [0.3, 0.4) is 0 Å². The van der Waals surface area contributed by atoms with Crippen molar-refractivity contribution < 1.29 is 0 Å². The number of halogens is 2. The summed E-state index contributed by atoms with van der Waals surface area (Å²) >= 11 is 11.6. The molecule has 0 spiro atoms. The van der Waals surface area contributed by atoms with Gasteiger partial charge in [0, 0.05) is 21.8 Å². The van der Waals surface area contributed by atoms with Crippen LogP contribution in [0.4, 0.5) is 0 Å². The van der Waals surface area contributed by atoms with Gasteiger partial charge in [0.25, 0.3) is 0 Å². The van der Waals surface area contributed by atoms with Crippen LogP contribution in [0.1, 0.15) is 26.6 Å². The number of hydrogen-bond donors (Lipinski definition) is 1. The summed E-state index contributed by atoms with van der Waals surface area (Å²) in [5, 5.41) is 12.3. The van der Waals surface area contributed by atoms with Crippen LogP contribution in [0.15, 0.2) is 40.1 Å². The van der Waals surface area contributed by atoms with Crippen molar-refractivity contribution in [3.05, 3.63) is 45.9 Å². The molecular weight excluding hydrogens is 297 g/mol. The molecule has 0 bridgehead atoms. The zero-order chi connectivity index (χ0) is 15.1. The number of nitrogens with zero attached hydrogens (tertiary/aromatic N) is 4. The quantitative estimate of drug-likeness (QED) is 0.847. The third-order valence-electron chi connectivity index (χ3n) is 2.57. The van der Waals surface area contributed by atoms with E-state index in [1.807, 2.05) is 13.8 Å². The Morgan fingerprint density at radius 3 is 2.60 bits per heavy atom. The molecule has 0 saturated carbocycles. The normalized spacial score (nSPS) is 14.8. The highest BCUT2D eigenvalue weighted by atomic mass is 35.5. The molecule has 0 saturated heterocycles. The maximum absolute atomic E-state index is 5.83. The van der Waals surface area contributed by atoms with Gasteiger partial charge in [0.2, 0.25) is 0 Å². The molecule has 2 N–H and O–H groups in total. The molecule has 0 aliphatic rings. The lowest BCUT2D eigenvalue weighted by molar-refractivity contribution is 0.631. The summed E-state index contributed by atoms with van der Waals surface area (Å²) in [6, 6.07) is 0. The van der Waals surface area contributed by atoms with E-state index in [0.717, 1.165) is 11.3 Å². The molecule has 1 rings (SSSR count). The SMILES string of the molecule is C/C(N)=C(\C)Cn1nnnc1C(/C=C\C=C(/C)Cl)=C\Cl. The fourth-order valence-corrected chi connectivity index (χ4v) is 1.55. The minimum atomic E-state index is 0.511. The molecule has 0 fully saturated rings. The fraction of sp³-hybridized carbons (Fsp3) is 0.308. The number of aromatic nitrogens is 4. The molecule has 0 unspecified atom stereocenters. The van der Waals surface area contributed by atoms with Gasteiger partial charge in [-0.25, -0.2) is 4.68 Å². The first kappa shape index (κ1) is 16.5. The molecule has 0 aliphatic heterocycles. The first-order valence-corrected chi connectivity index (χ1v) is 6.76. The van der Waals surface area contributed by atoms with Crippen molar-refractivity contribution in [2.75, 3.05) is 0 Å². The smallest absolute Gasteiger partial charge is 0.183 e. The van der Waals surface area contributed by atoms with Crippen LogP contribution in [-0.4, -0.2) is 20.2 Å². The van der Waals surface area contributed by atoms with E-state index in [1.54, 1.807) is 29.8 Å². The molecular formula is C13H17Cl2N5. The first-order valence-electron chi connectivity index (χ1n) is 5.95. The lowest BCUT2D eigenvalue weighted by Crippen LogP contribution is -2.09. The van der Waals surface area contributed by atoms with Crippen LogP contribution < -0.4 is 5.73 Å². The van der Waals surface area contributed by atoms with Crippen LogP contribution in [0.25, 0.3) is 5.57 Å². The van der Waals surface area contributed by atoms with E-state index >= 15 is 0 Å². The van der Waals surface area contributed by atoms with Crippen molar-refractivity contribution >= 4 is 28.8 Å². The molecule has 0 aromatic carbocycles. The van der Waals surface area contributed by atoms with Crippen molar-refractivity contribution in [2.45, 2.75) is 27.3 Å². The topological polar surface area (TPSA) is 69.6 Å². The number of tetrazole rings is 1. The molecule has 1 aromatic heterocycles. The lowest BCUT2D eigenvalue weighted by atomic mass is 10.2. The Bertz CT molecular complexity index is 573. The van der Waals surface area contributed by atoms with Gasteiger partial charge in [-0.3, -0.25) is 0 Å². The average molecular weight is 314 g/mol. The third kappa shape index (κ3) is 4.83. The van der Waals surface area contributed by atoms with Crippen molar-refractivity contribution in [2.24, 2.45) is 5.73 Å². The molecule has 0 radical (unpaired) electrons. The molecule has 20 heavy (non-hydrogen) atoms. The standard InChI is InChI=1S/C13H17Cl2N5/c1-9(11(3)16)8-20-13(17-18-19-20)12(7-14)6-4-5-10(2)15/h4-7H,8,16H2,1-3H3/b6-4-,10-5+,11-9-,12-7-. The molecule has 1 heterocycles. The summed E-state index contributed by atoms with van der Waals surface area (Å²) in [6.07, 6.45) is 5.33. The molecule has 0 amide bonds. The monoisotopic (exact) mass is 313 g/mol. The second-order valence-corrected chi connectivity index (χ2v) is 5.11. The van der Waals surface area contributed by atoms with E-state index in [-0.39, 0.29) is 0 Å². The van der Waals surface area contributed by atoms with E-state index in [2.05, 4.69) is 15.5 Å². The second-order valence-electron chi connectivity index (χ2n) is 4.30. The Morgan fingerprint density at radius 2 is 2.05 bits per heavy atom. The maximum atomic E-state index is 5.83. The molecule has 5 nitrogen and oxygen atoms in total. The first-order chi connectivity index (χ1) is 9.45. The second kappa shape index (κ2) is 7.87. The van der Waals surface area contributed by atoms with Gasteiger partial charge in [-0.2, -0.15) is 0 Å². The number of hydrogen-bond acceptors (Lipinski definition) is 4. The highest BCUT2D eigenvalue weighted by Crippen LogP contribution is 2.15. The van der Waals surface area contributed by atoms with Crippen LogP contribution >= 0.6 is 23.2 Å². The summed E-state index contributed by atoms with van der Waals surface area (Å²) in [7, 11) is 0. The van der Waals surface area contributed by atoms with Crippen LogP contribution in [0.5, 0.6) is 0 Å². The zero-order valence-corrected chi connectivity index (χ0v) is 13.2. The van der Waals surface area contributed by atoms with Crippen molar-refractivity contribution in [1.82, 2.24) is 20.2 Å². The third-order valence-corrected chi connectivity index (χ3v) is 2.93. The van der Waals surface area contributed by atoms with Gasteiger partial charge in [-0.15, -0.1) is 5.10 Å². The van der Waals surface area contributed by atoms with Gasteiger partial charge in [-0.1, -0.05) is 35.4 Å². The largest absolute Gasteiger partial charge is 0.402 e. The summed E-state index contributed by atoms with van der Waals surface area (Å²) < 4.78 is 1.64. The van der Waals surface area contributed by atoms with Gasteiger partial charge in [0.15, 0.2) is 5.82 Å². The predicted octanol–water partition coefficient (Wildman–Crippen LogP) is 3.20. The van der Waals surface area contributed by atoms with Crippen LogP contribution in [-0.2, 0) is 6.54 Å². The van der Waals surface area contributed by atoms with Gasteiger partial charge in [0.05, 0.1) is 6.54 Å². The van der Waals surface area contributed by atoms with E-state index in [1.165, 1.54) is 5.54 Å². The average Bonchev–Trinajstić information content (AvgIpc) is 2.82. The molecule has 7 heteroatoms. The van der Waals surface area contributed by atoms with E-state index < -0.39 is 0 Å². The van der Waals surface area contributed by atoms with Crippen molar-refractivity contribution in [3.63, 3.8) is 0 Å². The van der Waals surface area contributed by atoms with Crippen LogP contribution in [0, 0.1) is 0 Å². The van der Waals surface area contributed by atoms with E-state index in [4.69, 9.17) is 28.9 Å². The van der Waals surface area contributed by atoms with Gasteiger partial charge >= 0.3 is 0 Å². The number of allylic oxidation sites excluding steroid dienone is 7.